The van der Waals surface area contributed by atoms with E-state index >= 15 is 0 Å². The summed E-state index contributed by atoms with van der Waals surface area (Å²) in [5.74, 6) is 0. The van der Waals surface area contributed by atoms with Gasteiger partial charge in [0.25, 0.3) is 0 Å². The van der Waals surface area contributed by atoms with Gasteiger partial charge in [-0.15, -0.1) is 11.3 Å². The van der Waals surface area contributed by atoms with E-state index in [9.17, 15) is 0 Å². The molecule has 2 heteroatoms. The monoisotopic (exact) mass is 165 g/mol. The zero-order chi connectivity index (χ0) is 7.84. The highest BCUT2D eigenvalue weighted by atomic mass is 32.1. The predicted octanol–water partition coefficient (Wildman–Crippen LogP) is 2.80. The fourth-order valence-corrected chi connectivity index (χ4v) is 2.31. The molecule has 0 aliphatic carbocycles. The molecule has 0 atom stereocenters. The second-order valence-corrected chi connectivity index (χ2v) is 3.91. The van der Waals surface area contributed by atoms with Gasteiger partial charge in [0.15, 0.2) is 0 Å². The maximum Gasteiger partial charge on any atom is 0.0590 e. The first kappa shape index (κ1) is 6.92. The Morgan fingerprint density at radius 2 is 2.36 bits per heavy atom. The van der Waals surface area contributed by atoms with E-state index in [-0.39, 0.29) is 0 Å². The van der Waals surface area contributed by atoms with E-state index < -0.39 is 0 Å². The van der Waals surface area contributed by atoms with Crippen LogP contribution in [0.25, 0.3) is 10.2 Å². The molecule has 0 N–H and O–H groups in total. The van der Waals surface area contributed by atoms with Gasteiger partial charge in [-0.25, -0.2) is 0 Å². The quantitative estimate of drug-likeness (QED) is 0.612. The summed E-state index contributed by atoms with van der Waals surface area (Å²) in [6.07, 6.45) is 3.26. The molecule has 11 heavy (non-hydrogen) atoms. The largest absolute Gasteiger partial charge is 0.350 e. The molecule has 0 aromatic carbocycles. The average Bonchev–Trinajstić information content (AvgIpc) is 2.53. The van der Waals surface area contributed by atoms with E-state index in [1.165, 1.54) is 15.1 Å². The molecule has 58 valence electrons. The molecule has 2 rings (SSSR count). The Labute approximate surface area is 70.3 Å². The SMILES string of the molecule is CCc1cc2c(ccn2C)s1. The second kappa shape index (κ2) is 2.38. The van der Waals surface area contributed by atoms with Crippen molar-refractivity contribution in [2.24, 2.45) is 7.05 Å². The normalized spacial score (nSPS) is 11.1. The summed E-state index contributed by atoms with van der Waals surface area (Å²) >= 11 is 1.90. The molecule has 0 unspecified atom stereocenters. The number of fused-ring (bicyclic) bond motifs is 1. The zero-order valence-corrected chi connectivity index (χ0v) is 7.61. The number of aryl methyl sites for hydroxylation is 2. The van der Waals surface area contributed by atoms with Crippen molar-refractivity contribution in [2.45, 2.75) is 13.3 Å². The van der Waals surface area contributed by atoms with Crippen molar-refractivity contribution in [3.8, 4) is 0 Å². The van der Waals surface area contributed by atoms with Gasteiger partial charge < -0.3 is 4.57 Å². The highest BCUT2D eigenvalue weighted by Crippen LogP contribution is 2.25. The van der Waals surface area contributed by atoms with E-state index in [1.807, 2.05) is 11.3 Å². The minimum absolute atomic E-state index is 1.15. The summed E-state index contributed by atoms with van der Waals surface area (Å²) in [5, 5.41) is 0. The predicted molar refractivity (Wildman–Crippen MR) is 50.2 cm³/mol. The lowest BCUT2D eigenvalue weighted by molar-refractivity contribution is 0.968. The average molecular weight is 165 g/mol. The van der Waals surface area contributed by atoms with Crippen LogP contribution in [0.2, 0.25) is 0 Å². The number of rotatable bonds is 1. The molecule has 0 bridgehead atoms. The molecule has 0 aliphatic rings. The van der Waals surface area contributed by atoms with Gasteiger partial charge in [0.1, 0.15) is 0 Å². The minimum Gasteiger partial charge on any atom is -0.350 e. The molecule has 0 aliphatic heterocycles. The summed E-state index contributed by atoms with van der Waals surface area (Å²) in [5.41, 5.74) is 1.37. The fourth-order valence-electron chi connectivity index (χ4n) is 1.28. The molecule has 1 nitrogen and oxygen atoms in total. The van der Waals surface area contributed by atoms with E-state index in [0.29, 0.717) is 0 Å². The minimum atomic E-state index is 1.15. The summed E-state index contributed by atoms with van der Waals surface area (Å²) in [4.78, 5) is 1.48. The van der Waals surface area contributed by atoms with Crippen molar-refractivity contribution in [3.05, 3.63) is 23.2 Å². The summed E-state index contributed by atoms with van der Waals surface area (Å²) in [6.45, 7) is 2.20. The van der Waals surface area contributed by atoms with Gasteiger partial charge >= 0.3 is 0 Å². The maximum absolute atomic E-state index is 2.28. The first-order chi connectivity index (χ1) is 5.31. The van der Waals surface area contributed by atoms with Crippen LogP contribution in [0.1, 0.15) is 11.8 Å². The Morgan fingerprint density at radius 1 is 1.55 bits per heavy atom. The van der Waals surface area contributed by atoms with E-state index in [4.69, 9.17) is 0 Å². The van der Waals surface area contributed by atoms with Gasteiger partial charge in [-0.1, -0.05) is 6.92 Å². The Hall–Kier alpha value is -0.760. The lowest BCUT2D eigenvalue weighted by Crippen LogP contribution is -1.80. The standard InChI is InChI=1S/C9H11NS/c1-3-7-6-8-9(11-7)4-5-10(8)2/h4-6H,3H2,1-2H3. The van der Waals surface area contributed by atoms with Gasteiger partial charge in [-0.3, -0.25) is 0 Å². The first-order valence-corrected chi connectivity index (χ1v) is 4.66. The first-order valence-electron chi connectivity index (χ1n) is 3.85. The number of hydrogen-bond donors (Lipinski definition) is 0. The van der Waals surface area contributed by atoms with Crippen LogP contribution in [-0.4, -0.2) is 4.57 Å². The Balaban J connectivity index is 2.70. The molecule has 0 saturated heterocycles. The lowest BCUT2D eigenvalue weighted by atomic mass is 10.3. The smallest absolute Gasteiger partial charge is 0.0590 e. The summed E-state index contributed by atoms with van der Waals surface area (Å²) in [7, 11) is 2.09. The lowest BCUT2D eigenvalue weighted by Gasteiger charge is -1.88. The second-order valence-electron chi connectivity index (χ2n) is 2.74. The molecular weight excluding hydrogens is 154 g/mol. The van der Waals surface area contributed by atoms with Gasteiger partial charge in [0.2, 0.25) is 0 Å². The number of aromatic nitrogens is 1. The third kappa shape index (κ3) is 0.979. The molecule has 2 aromatic heterocycles. The van der Waals surface area contributed by atoms with Crippen molar-refractivity contribution in [1.82, 2.24) is 4.57 Å². The van der Waals surface area contributed by atoms with Crippen molar-refractivity contribution < 1.29 is 0 Å². The molecule has 0 fully saturated rings. The van der Waals surface area contributed by atoms with Crippen molar-refractivity contribution >= 4 is 21.6 Å². The molecule has 0 saturated carbocycles. The third-order valence-corrected chi connectivity index (χ3v) is 3.20. The van der Waals surface area contributed by atoms with Crippen LogP contribution in [0, 0.1) is 0 Å². The highest BCUT2D eigenvalue weighted by Gasteiger charge is 2.01. The fraction of sp³-hybridized carbons (Fsp3) is 0.333. The molecule has 2 aromatic rings. The van der Waals surface area contributed by atoms with Gasteiger partial charge in [0.05, 0.1) is 10.2 Å². The van der Waals surface area contributed by atoms with Crippen LogP contribution in [0.4, 0.5) is 0 Å². The van der Waals surface area contributed by atoms with Crippen molar-refractivity contribution in [1.29, 1.82) is 0 Å². The van der Waals surface area contributed by atoms with Crippen LogP contribution < -0.4 is 0 Å². The number of hydrogen-bond acceptors (Lipinski definition) is 1. The third-order valence-electron chi connectivity index (χ3n) is 1.97. The Bertz CT molecular complexity index is 370. The topological polar surface area (TPSA) is 4.93 Å². The van der Waals surface area contributed by atoms with Crippen LogP contribution in [0.3, 0.4) is 0 Å². The molecule has 0 amide bonds. The molecule has 2 heterocycles. The van der Waals surface area contributed by atoms with Crippen LogP contribution in [0.15, 0.2) is 18.3 Å². The highest BCUT2D eigenvalue weighted by molar-refractivity contribution is 7.19. The Morgan fingerprint density at radius 3 is 3.00 bits per heavy atom. The van der Waals surface area contributed by atoms with Crippen LogP contribution >= 0.6 is 11.3 Å². The maximum atomic E-state index is 2.28. The van der Waals surface area contributed by atoms with E-state index in [0.717, 1.165) is 6.42 Å². The van der Waals surface area contributed by atoms with Gasteiger partial charge in [-0.05, 0) is 18.6 Å². The van der Waals surface area contributed by atoms with Crippen molar-refractivity contribution in [3.63, 3.8) is 0 Å². The van der Waals surface area contributed by atoms with Crippen LogP contribution in [0.5, 0.6) is 0 Å². The zero-order valence-electron chi connectivity index (χ0n) is 6.79. The van der Waals surface area contributed by atoms with Crippen LogP contribution in [-0.2, 0) is 13.5 Å². The number of thiophene rings is 1. The van der Waals surface area contributed by atoms with Gasteiger partial charge in [0, 0.05) is 18.1 Å². The van der Waals surface area contributed by atoms with E-state index in [1.54, 1.807) is 0 Å². The molecular formula is C9H11NS. The molecule has 0 spiro atoms. The molecule has 0 radical (unpaired) electrons. The van der Waals surface area contributed by atoms with E-state index in [2.05, 4.69) is 36.9 Å². The number of nitrogens with zero attached hydrogens (tertiary/aromatic N) is 1. The summed E-state index contributed by atoms with van der Waals surface area (Å²) < 4.78 is 3.58. The van der Waals surface area contributed by atoms with Crippen molar-refractivity contribution in [2.75, 3.05) is 0 Å². The van der Waals surface area contributed by atoms with Gasteiger partial charge in [-0.2, -0.15) is 0 Å². The summed E-state index contributed by atoms with van der Waals surface area (Å²) in [6, 6.07) is 4.46. The Kier molecular flexibility index (Phi) is 1.50.